The number of nitrogens with one attached hydrogen (secondary N) is 2. The van der Waals surface area contributed by atoms with Crippen LogP contribution in [0.4, 0.5) is 0 Å². The lowest BCUT2D eigenvalue weighted by molar-refractivity contribution is -0.137. The fourth-order valence-corrected chi connectivity index (χ4v) is 1.81. The molecule has 1 amide bonds. The summed E-state index contributed by atoms with van der Waals surface area (Å²) in [5.41, 5.74) is 0. The van der Waals surface area contributed by atoms with Crippen molar-refractivity contribution in [1.29, 1.82) is 0 Å². The van der Waals surface area contributed by atoms with E-state index in [-0.39, 0.29) is 18.4 Å². The highest BCUT2D eigenvalue weighted by atomic mass is 16.4. The van der Waals surface area contributed by atoms with Crippen LogP contribution < -0.4 is 10.6 Å². The zero-order chi connectivity index (χ0) is 11.8. The van der Waals surface area contributed by atoms with E-state index in [2.05, 4.69) is 10.6 Å². The van der Waals surface area contributed by atoms with E-state index in [1.807, 2.05) is 0 Å². The highest BCUT2D eigenvalue weighted by Gasteiger charge is 2.19. The van der Waals surface area contributed by atoms with Crippen molar-refractivity contribution in [2.75, 3.05) is 13.1 Å². The van der Waals surface area contributed by atoms with Gasteiger partial charge in [-0.1, -0.05) is 6.42 Å². The predicted molar refractivity (Wildman–Crippen MR) is 60.1 cm³/mol. The number of carboxylic acids is 1. The molecule has 5 nitrogen and oxygen atoms in total. The lowest BCUT2D eigenvalue weighted by Crippen LogP contribution is -2.46. The summed E-state index contributed by atoms with van der Waals surface area (Å²) in [7, 11) is 0. The fraction of sp³-hybridized carbons (Fsp3) is 0.818. The lowest BCUT2D eigenvalue weighted by atomic mass is 10.0. The zero-order valence-electron chi connectivity index (χ0n) is 9.50. The first-order valence-electron chi connectivity index (χ1n) is 5.93. The van der Waals surface area contributed by atoms with E-state index in [1.54, 1.807) is 0 Å². The van der Waals surface area contributed by atoms with Crippen molar-refractivity contribution in [3.05, 3.63) is 0 Å². The molecular weight excluding hydrogens is 208 g/mol. The summed E-state index contributed by atoms with van der Waals surface area (Å²) in [4.78, 5) is 21.9. The van der Waals surface area contributed by atoms with Gasteiger partial charge in [0.2, 0.25) is 5.91 Å². The standard InChI is InChI=1S/C11H20N2O3/c14-10(15)6-2-4-8-13-11(16)9-5-1-3-7-12-9/h9,12H,1-8H2,(H,13,16)(H,14,15)/t9-/m1/s1. The van der Waals surface area contributed by atoms with Crippen molar-refractivity contribution in [3.8, 4) is 0 Å². The topological polar surface area (TPSA) is 78.4 Å². The van der Waals surface area contributed by atoms with Crippen LogP contribution in [0.5, 0.6) is 0 Å². The SMILES string of the molecule is O=C(O)CCCCNC(=O)[C@H]1CCCCN1. The second-order valence-corrected chi connectivity index (χ2v) is 4.14. The molecule has 1 rings (SSSR count). The van der Waals surface area contributed by atoms with Crippen LogP contribution in [0.15, 0.2) is 0 Å². The highest BCUT2D eigenvalue weighted by Crippen LogP contribution is 2.06. The van der Waals surface area contributed by atoms with Crippen LogP contribution in [0.25, 0.3) is 0 Å². The van der Waals surface area contributed by atoms with Crippen molar-refractivity contribution >= 4 is 11.9 Å². The summed E-state index contributed by atoms with van der Waals surface area (Å²) in [6.45, 7) is 1.49. The van der Waals surface area contributed by atoms with Crippen LogP contribution in [0.3, 0.4) is 0 Å². The van der Waals surface area contributed by atoms with E-state index >= 15 is 0 Å². The van der Waals surface area contributed by atoms with Gasteiger partial charge in [-0.25, -0.2) is 0 Å². The van der Waals surface area contributed by atoms with Gasteiger partial charge in [-0.2, -0.15) is 0 Å². The van der Waals surface area contributed by atoms with E-state index in [0.717, 1.165) is 32.2 Å². The summed E-state index contributed by atoms with van der Waals surface area (Å²) in [5.74, 6) is -0.727. The number of unbranched alkanes of at least 4 members (excludes halogenated alkanes) is 1. The Morgan fingerprint density at radius 2 is 2.12 bits per heavy atom. The minimum absolute atomic E-state index is 0.0479. The molecule has 1 aliphatic heterocycles. The average molecular weight is 228 g/mol. The fourth-order valence-electron chi connectivity index (χ4n) is 1.81. The van der Waals surface area contributed by atoms with Crippen LogP contribution in [-0.4, -0.2) is 36.1 Å². The molecule has 3 N–H and O–H groups in total. The minimum Gasteiger partial charge on any atom is -0.481 e. The number of hydrogen-bond acceptors (Lipinski definition) is 3. The van der Waals surface area contributed by atoms with E-state index in [0.29, 0.717) is 13.0 Å². The molecule has 0 radical (unpaired) electrons. The molecule has 1 fully saturated rings. The van der Waals surface area contributed by atoms with Crippen LogP contribution in [0, 0.1) is 0 Å². The molecule has 1 heterocycles. The number of rotatable bonds is 6. The Bertz CT molecular complexity index is 237. The molecule has 0 spiro atoms. The monoisotopic (exact) mass is 228 g/mol. The van der Waals surface area contributed by atoms with Gasteiger partial charge in [0, 0.05) is 13.0 Å². The molecule has 0 bridgehead atoms. The first-order chi connectivity index (χ1) is 7.70. The lowest BCUT2D eigenvalue weighted by Gasteiger charge is -2.22. The third kappa shape index (κ3) is 5.11. The van der Waals surface area contributed by atoms with E-state index in [1.165, 1.54) is 0 Å². The second-order valence-electron chi connectivity index (χ2n) is 4.14. The highest BCUT2D eigenvalue weighted by molar-refractivity contribution is 5.81. The smallest absolute Gasteiger partial charge is 0.303 e. The van der Waals surface area contributed by atoms with Crippen molar-refractivity contribution in [3.63, 3.8) is 0 Å². The number of amides is 1. The van der Waals surface area contributed by atoms with Crippen LogP contribution in [0.1, 0.15) is 38.5 Å². The quantitative estimate of drug-likeness (QED) is 0.578. The first kappa shape index (κ1) is 13.0. The number of aliphatic carboxylic acids is 1. The molecule has 1 saturated heterocycles. The Morgan fingerprint density at radius 1 is 1.31 bits per heavy atom. The van der Waals surface area contributed by atoms with Gasteiger partial charge in [0.15, 0.2) is 0 Å². The molecule has 1 aliphatic rings. The molecule has 16 heavy (non-hydrogen) atoms. The van der Waals surface area contributed by atoms with Gasteiger partial charge in [-0.05, 0) is 32.2 Å². The molecule has 0 aromatic heterocycles. The van der Waals surface area contributed by atoms with E-state index in [9.17, 15) is 9.59 Å². The third-order valence-electron chi connectivity index (χ3n) is 2.74. The summed E-state index contributed by atoms with van der Waals surface area (Å²) in [5, 5.41) is 14.4. The number of carbonyl (C=O) groups excluding carboxylic acids is 1. The van der Waals surface area contributed by atoms with Crippen LogP contribution in [0.2, 0.25) is 0 Å². The number of piperidine rings is 1. The Labute approximate surface area is 95.6 Å². The summed E-state index contributed by atoms with van der Waals surface area (Å²) < 4.78 is 0. The van der Waals surface area contributed by atoms with Gasteiger partial charge in [-0.15, -0.1) is 0 Å². The summed E-state index contributed by atoms with van der Waals surface area (Å²) in [6, 6.07) is -0.0479. The number of hydrogen-bond donors (Lipinski definition) is 3. The number of carboxylic acid groups (broad SMARTS) is 1. The van der Waals surface area contributed by atoms with Gasteiger partial charge >= 0.3 is 5.97 Å². The maximum absolute atomic E-state index is 11.6. The van der Waals surface area contributed by atoms with Crippen molar-refractivity contribution < 1.29 is 14.7 Å². The van der Waals surface area contributed by atoms with Crippen molar-refractivity contribution in [2.45, 2.75) is 44.6 Å². The van der Waals surface area contributed by atoms with Gasteiger partial charge in [0.1, 0.15) is 0 Å². The first-order valence-corrected chi connectivity index (χ1v) is 5.93. The maximum atomic E-state index is 11.6. The average Bonchev–Trinajstić information content (AvgIpc) is 2.29. The van der Waals surface area contributed by atoms with Crippen molar-refractivity contribution in [2.24, 2.45) is 0 Å². The molecule has 0 unspecified atom stereocenters. The van der Waals surface area contributed by atoms with E-state index in [4.69, 9.17) is 5.11 Å². The van der Waals surface area contributed by atoms with Crippen molar-refractivity contribution in [1.82, 2.24) is 10.6 Å². The van der Waals surface area contributed by atoms with Crippen LogP contribution in [-0.2, 0) is 9.59 Å². The Balaban J connectivity index is 2.03. The van der Waals surface area contributed by atoms with Gasteiger partial charge in [0.25, 0.3) is 0 Å². The molecule has 0 saturated carbocycles. The largest absolute Gasteiger partial charge is 0.481 e. The molecule has 0 aromatic carbocycles. The Hall–Kier alpha value is -1.10. The summed E-state index contributed by atoms with van der Waals surface area (Å²) in [6.07, 6.45) is 4.67. The molecule has 92 valence electrons. The minimum atomic E-state index is -0.778. The third-order valence-corrected chi connectivity index (χ3v) is 2.74. The zero-order valence-corrected chi connectivity index (χ0v) is 9.50. The molecule has 0 aromatic rings. The molecule has 0 aliphatic carbocycles. The molecular formula is C11H20N2O3. The summed E-state index contributed by atoms with van der Waals surface area (Å²) >= 11 is 0. The second kappa shape index (κ2) is 7.22. The molecule has 1 atom stereocenters. The van der Waals surface area contributed by atoms with Gasteiger partial charge in [-0.3, -0.25) is 9.59 Å². The van der Waals surface area contributed by atoms with Gasteiger partial charge in [0.05, 0.1) is 6.04 Å². The number of carbonyl (C=O) groups is 2. The van der Waals surface area contributed by atoms with E-state index < -0.39 is 5.97 Å². The Kier molecular flexibility index (Phi) is 5.85. The predicted octanol–water partition coefficient (Wildman–Crippen LogP) is 0.500. The molecule has 5 heteroatoms. The normalized spacial score (nSPS) is 20.4. The van der Waals surface area contributed by atoms with Gasteiger partial charge < -0.3 is 15.7 Å². The Morgan fingerprint density at radius 3 is 2.75 bits per heavy atom. The maximum Gasteiger partial charge on any atom is 0.303 e. The van der Waals surface area contributed by atoms with Crippen LogP contribution >= 0.6 is 0 Å².